The van der Waals surface area contributed by atoms with Crippen LogP contribution in [0.4, 0.5) is 8.78 Å². The number of aryl methyl sites for hydroxylation is 2. The second-order valence-electron chi connectivity index (χ2n) is 5.98. The van der Waals surface area contributed by atoms with E-state index in [4.69, 9.17) is 0 Å². The van der Waals surface area contributed by atoms with E-state index in [9.17, 15) is 18.4 Å². The molecule has 0 amide bonds. The monoisotopic (exact) mass is 328 g/mol. The number of nitrogens with one attached hydrogen (secondary N) is 1. The zero-order chi connectivity index (χ0) is 16.8. The van der Waals surface area contributed by atoms with Crippen molar-refractivity contribution in [3.8, 4) is 0 Å². The molecule has 2 aromatic heterocycles. The fraction of sp³-hybridized carbons (Fsp3) is 0.222. The molecule has 6 heteroatoms. The number of benzene rings is 1. The summed E-state index contributed by atoms with van der Waals surface area (Å²) in [5, 5.41) is 0. The molecule has 4 rings (SSSR count). The van der Waals surface area contributed by atoms with Crippen molar-refractivity contribution in [2.24, 2.45) is 0 Å². The summed E-state index contributed by atoms with van der Waals surface area (Å²) < 4.78 is 28.0. The van der Waals surface area contributed by atoms with Crippen LogP contribution in [0.1, 0.15) is 40.2 Å². The lowest BCUT2D eigenvalue weighted by Gasteiger charge is -2.10. The van der Waals surface area contributed by atoms with E-state index < -0.39 is 17.4 Å². The van der Waals surface area contributed by atoms with Crippen molar-refractivity contribution in [3.63, 3.8) is 0 Å². The summed E-state index contributed by atoms with van der Waals surface area (Å²) in [4.78, 5) is 28.1. The molecule has 1 aliphatic carbocycles. The molecule has 4 nitrogen and oxygen atoms in total. The lowest BCUT2D eigenvalue weighted by molar-refractivity contribution is 0.103. The van der Waals surface area contributed by atoms with Crippen molar-refractivity contribution in [2.45, 2.75) is 25.7 Å². The zero-order valence-corrected chi connectivity index (χ0v) is 12.7. The number of carbonyl (C=O) groups excluding carboxylic acids is 1. The molecule has 0 fully saturated rings. The Morgan fingerprint density at radius 3 is 2.62 bits per heavy atom. The first kappa shape index (κ1) is 14.8. The maximum Gasteiger partial charge on any atom is 0.256 e. The molecule has 0 aliphatic heterocycles. The van der Waals surface area contributed by atoms with Gasteiger partial charge in [-0.1, -0.05) is 0 Å². The van der Waals surface area contributed by atoms with Crippen LogP contribution in [-0.4, -0.2) is 15.2 Å². The van der Waals surface area contributed by atoms with Gasteiger partial charge in [0.15, 0.2) is 17.4 Å². The molecular formula is C18H14F2N2O2. The lowest BCUT2D eigenvalue weighted by Crippen LogP contribution is -2.18. The summed E-state index contributed by atoms with van der Waals surface area (Å²) in [6, 6.07) is 5.81. The van der Waals surface area contributed by atoms with Gasteiger partial charge in [-0.25, -0.2) is 8.78 Å². The number of halogens is 2. The quantitative estimate of drug-likeness (QED) is 0.735. The summed E-state index contributed by atoms with van der Waals surface area (Å²) in [5.41, 5.74) is 2.40. The van der Waals surface area contributed by atoms with Crippen molar-refractivity contribution in [2.75, 3.05) is 0 Å². The van der Waals surface area contributed by atoms with E-state index in [1.807, 2.05) is 0 Å². The largest absolute Gasteiger partial charge is 0.343 e. The minimum absolute atomic E-state index is 0.0435. The molecule has 3 aromatic rings. The smallest absolute Gasteiger partial charge is 0.256 e. The summed E-state index contributed by atoms with van der Waals surface area (Å²) in [7, 11) is 0. The standard InChI is InChI=1S/C18H14F2N2O2/c19-12-7-5-10(9-13(12)20)17(24)11-6-8-16(23)22-15-4-2-1-3-14(15)21-18(11)22/h5-9,21H,1-4H2. The van der Waals surface area contributed by atoms with Crippen molar-refractivity contribution < 1.29 is 13.6 Å². The molecule has 0 radical (unpaired) electrons. The molecule has 1 aromatic carbocycles. The maximum atomic E-state index is 13.4. The molecule has 1 aliphatic rings. The van der Waals surface area contributed by atoms with Gasteiger partial charge in [-0.05, 0) is 49.9 Å². The average Bonchev–Trinajstić information content (AvgIpc) is 2.97. The molecular weight excluding hydrogens is 314 g/mol. The predicted octanol–water partition coefficient (Wildman–Crippen LogP) is 3.02. The van der Waals surface area contributed by atoms with Gasteiger partial charge in [-0.2, -0.15) is 0 Å². The van der Waals surface area contributed by atoms with Crippen LogP contribution in [0.25, 0.3) is 5.65 Å². The average molecular weight is 328 g/mol. The first-order chi connectivity index (χ1) is 11.6. The van der Waals surface area contributed by atoms with Crippen LogP contribution in [0, 0.1) is 11.6 Å². The highest BCUT2D eigenvalue weighted by Crippen LogP contribution is 2.24. The van der Waals surface area contributed by atoms with E-state index in [-0.39, 0.29) is 16.7 Å². The molecule has 0 spiro atoms. The van der Waals surface area contributed by atoms with E-state index in [1.54, 1.807) is 0 Å². The highest BCUT2D eigenvalue weighted by atomic mass is 19.2. The van der Waals surface area contributed by atoms with Crippen LogP contribution >= 0.6 is 0 Å². The third kappa shape index (κ3) is 2.18. The van der Waals surface area contributed by atoms with E-state index in [1.165, 1.54) is 22.6 Å². The Morgan fingerprint density at radius 2 is 1.83 bits per heavy atom. The van der Waals surface area contributed by atoms with Crippen LogP contribution in [0.3, 0.4) is 0 Å². The van der Waals surface area contributed by atoms with E-state index >= 15 is 0 Å². The third-order valence-electron chi connectivity index (χ3n) is 4.50. The van der Waals surface area contributed by atoms with Gasteiger partial charge >= 0.3 is 0 Å². The summed E-state index contributed by atoms with van der Waals surface area (Å²) in [6.07, 6.45) is 3.63. The van der Waals surface area contributed by atoms with Gasteiger partial charge in [0, 0.05) is 23.0 Å². The molecule has 0 atom stereocenters. The number of rotatable bonds is 2. The number of aromatic nitrogens is 2. The fourth-order valence-electron chi connectivity index (χ4n) is 3.32. The summed E-state index contributed by atoms with van der Waals surface area (Å²) in [6.45, 7) is 0. The van der Waals surface area contributed by atoms with E-state index in [0.717, 1.165) is 49.2 Å². The Hall–Kier alpha value is -2.76. The van der Waals surface area contributed by atoms with E-state index in [0.29, 0.717) is 5.65 Å². The van der Waals surface area contributed by atoms with Gasteiger partial charge in [-0.3, -0.25) is 14.0 Å². The van der Waals surface area contributed by atoms with Gasteiger partial charge in [0.25, 0.3) is 5.56 Å². The van der Waals surface area contributed by atoms with Crippen LogP contribution in [0.5, 0.6) is 0 Å². The van der Waals surface area contributed by atoms with Gasteiger partial charge < -0.3 is 4.98 Å². The maximum absolute atomic E-state index is 13.4. The number of hydrogen-bond donors (Lipinski definition) is 1. The Kier molecular flexibility index (Phi) is 3.33. The number of nitrogens with zero attached hydrogens (tertiary/aromatic N) is 1. The molecule has 0 saturated carbocycles. The van der Waals surface area contributed by atoms with E-state index in [2.05, 4.69) is 4.98 Å². The van der Waals surface area contributed by atoms with Crippen LogP contribution in [0.2, 0.25) is 0 Å². The second kappa shape index (κ2) is 5.40. The predicted molar refractivity (Wildman–Crippen MR) is 84.5 cm³/mol. The number of aromatic amines is 1. The summed E-state index contributed by atoms with van der Waals surface area (Å²) >= 11 is 0. The first-order valence-corrected chi connectivity index (χ1v) is 7.81. The van der Waals surface area contributed by atoms with Crippen LogP contribution in [-0.2, 0) is 12.8 Å². The zero-order valence-electron chi connectivity index (χ0n) is 12.7. The Balaban J connectivity index is 1.92. The fourth-order valence-corrected chi connectivity index (χ4v) is 3.32. The molecule has 0 unspecified atom stereocenters. The second-order valence-corrected chi connectivity index (χ2v) is 5.98. The third-order valence-corrected chi connectivity index (χ3v) is 4.50. The highest BCUT2D eigenvalue weighted by molar-refractivity contribution is 6.12. The number of hydrogen-bond acceptors (Lipinski definition) is 2. The topological polar surface area (TPSA) is 54.3 Å². The van der Waals surface area contributed by atoms with Gasteiger partial charge in [0.1, 0.15) is 5.65 Å². The molecule has 0 bridgehead atoms. The molecule has 0 saturated heterocycles. The molecule has 2 heterocycles. The Morgan fingerprint density at radius 1 is 1.04 bits per heavy atom. The number of pyridine rings is 1. The van der Waals surface area contributed by atoms with Gasteiger partial charge in [0.2, 0.25) is 0 Å². The Bertz CT molecular complexity index is 1030. The summed E-state index contributed by atoms with van der Waals surface area (Å²) in [5.74, 6) is -2.53. The number of H-pyrrole nitrogens is 1. The van der Waals surface area contributed by atoms with Crippen LogP contribution in [0.15, 0.2) is 35.1 Å². The lowest BCUT2D eigenvalue weighted by atomic mass is 10.0. The first-order valence-electron chi connectivity index (χ1n) is 7.81. The van der Waals surface area contributed by atoms with Gasteiger partial charge in [-0.15, -0.1) is 0 Å². The van der Waals surface area contributed by atoms with Crippen molar-refractivity contribution in [1.29, 1.82) is 0 Å². The molecule has 122 valence electrons. The highest BCUT2D eigenvalue weighted by Gasteiger charge is 2.22. The van der Waals surface area contributed by atoms with Crippen molar-refractivity contribution >= 4 is 11.4 Å². The number of imidazole rings is 1. The minimum atomic E-state index is -1.07. The Labute approximate surface area is 135 Å². The van der Waals surface area contributed by atoms with Crippen molar-refractivity contribution in [3.05, 3.63) is 74.8 Å². The number of carbonyl (C=O) groups is 1. The minimum Gasteiger partial charge on any atom is -0.343 e. The molecule has 1 N–H and O–H groups in total. The van der Waals surface area contributed by atoms with Crippen molar-refractivity contribution in [1.82, 2.24) is 9.38 Å². The number of ketones is 1. The normalized spacial score (nSPS) is 13.9. The van der Waals surface area contributed by atoms with Crippen LogP contribution < -0.4 is 5.56 Å². The van der Waals surface area contributed by atoms with Gasteiger partial charge in [0.05, 0.1) is 5.56 Å². The SMILES string of the molecule is O=C(c1ccc(F)c(F)c1)c1ccc(=O)n2c3c([nH]c12)CCCC3. The number of fused-ring (bicyclic) bond motifs is 3. The molecule has 24 heavy (non-hydrogen) atoms.